The first-order valence-electron chi connectivity index (χ1n) is 11.2. The summed E-state index contributed by atoms with van der Waals surface area (Å²) in [6.45, 7) is 6.65. The zero-order valence-corrected chi connectivity index (χ0v) is 19.4. The molecule has 0 aromatic carbocycles. The van der Waals surface area contributed by atoms with E-state index in [0.29, 0.717) is 13.3 Å². The van der Waals surface area contributed by atoms with Crippen molar-refractivity contribution < 1.29 is 6.16 Å². The van der Waals surface area contributed by atoms with E-state index < -0.39 is 0 Å². The van der Waals surface area contributed by atoms with E-state index in [2.05, 4.69) is 36.7 Å². The number of fused-ring (bicyclic) bond motifs is 1. The minimum absolute atomic E-state index is 0. The molecule has 5 rings (SSSR count). The Kier molecular flexibility index (Phi) is 7.49. The lowest BCUT2D eigenvalue weighted by Gasteiger charge is -2.29. The van der Waals surface area contributed by atoms with Crippen molar-refractivity contribution in [2.24, 2.45) is 0 Å². The molecule has 8 heteroatoms. The number of H-pyrrole nitrogens is 1. The molecule has 1 N–H and O–H groups in total. The SMILES string of the molecule is CCN(Cc1c[nH]cc(C)c1=O)c1cccnc1.[2HH].c1ccc(N2COc3ccncc3C2)nc1. The molecular formula is C26H30N6O2. The van der Waals surface area contributed by atoms with E-state index >= 15 is 0 Å². The second-order valence-electron chi connectivity index (χ2n) is 7.86. The Balaban J connectivity index is 0.000000191. The zero-order valence-electron chi connectivity index (χ0n) is 19.4. The van der Waals surface area contributed by atoms with Gasteiger partial charge in [0, 0.05) is 68.4 Å². The summed E-state index contributed by atoms with van der Waals surface area (Å²) in [5, 5.41) is 0. The number of hydrogen-bond acceptors (Lipinski definition) is 7. The number of pyridine rings is 4. The van der Waals surface area contributed by atoms with Gasteiger partial charge in [-0.25, -0.2) is 4.98 Å². The van der Waals surface area contributed by atoms with Gasteiger partial charge in [-0.2, -0.15) is 0 Å². The van der Waals surface area contributed by atoms with Crippen LogP contribution in [-0.2, 0) is 13.1 Å². The van der Waals surface area contributed by atoms with Crippen LogP contribution in [0.1, 0.15) is 25.0 Å². The summed E-state index contributed by atoms with van der Waals surface area (Å²) < 4.78 is 5.64. The maximum Gasteiger partial charge on any atom is 0.189 e. The molecule has 4 aromatic heterocycles. The number of rotatable bonds is 5. The highest BCUT2D eigenvalue weighted by molar-refractivity contribution is 5.45. The number of aryl methyl sites for hydroxylation is 1. The van der Waals surface area contributed by atoms with Crippen molar-refractivity contribution in [3.05, 3.63) is 107 Å². The first-order chi connectivity index (χ1) is 16.7. The van der Waals surface area contributed by atoms with E-state index in [1.807, 2.05) is 55.7 Å². The summed E-state index contributed by atoms with van der Waals surface area (Å²) >= 11 is 0. The first-order valence-corrected chi connectivity index (χ1v) is 11.2. The van der Waals surface area contributed by atoms with Gasteiger partial charge in [0.25, 0.3) is 0 Å². The fourth-order valence-corrected chi connectivity index (χ4v) is 3.66. The number of anilines is 2. The summed E-state index contributed by atoms with van der Waals surface area (Å²) in [5.41, 5.74) is 3.76. The van der Waals surface area contributed by atoms with Gasteiger partial charge in [-0.3, -0.25) is 14.8 Å². The van der Waals surface area contributed by atoms with Crippen LogP contribution in [0.15, 0.2) is 84.6 Å². The van der Waals surface area contributed by atoms with Crippen LogP contribution in [0.5, 0.6) is 5.75 Å². The predicted octanol–water partition coefficient (Wildman–Crippen LogP) is 4.18. The minimum atomic E-state index is 0. The van der Waals surface area contributed by atoms with Gasteiger partial charge in [0.1, 0.15) is 11.6 Å². The van der Waals surface area contributed by atoms with Crippen molar-refractivity contribution in [2.45, 2.75) is 26.9 Å². The molecule has 0 saturated heterocycles. The van der Waals surface area contributed by atoms with Crippen LogP contribution in [-0.4, -0.2) is 33.2 Å². The third-order valence-corrected chi connectivity index (χ3v) is 5.53. The Bertz CT molecular complexity index is 1250. The lowest BCUT2D eigenvalue weighted by molar-refractivity contribution is 0.287. The lowest BCUT2D eigenvalue weighted by atomic mass is 10.2. The van der Waals surface area contributed by atoms with Crippen LogP contribution >= 0.6 is 0 Å². The van der Waals surface area contributed by atoms with Crippen molar-refractivity contribution in [3.63, 3.8) is 0 Å². The molecule has 1 aliphatic rings. The molecule has 0 unspecified atom stereocenters. The second kappa shape index (κ2) is 11.1. The molecule has 0 amide bonds. The first kappa shape index (κ1) is 23.0. The number of ether oxygens (including phenoxy) is 1. The fourth-order valence-electron chi connectivity index (χ4n) is 3.66. The number of aromatic amines is 1. The third kappa shape index (κ3) is 5.58. The highest BCUT2D eigenvalue weighted by Crippen LogP contribution is 2.25. The minimum Gasteiger partial charge on any atom is -0.473 e. The normalized spacial score (nSPS) is 12.1. The Labute approximate surface area is 200 Å². The highest BCUT2D eigenvalue weighted by atomic mass is 16.5. The summed E-state index contributed by atoms with van der Waals surface area (Å²) in [7, 11) is 0. The van der Waals surface area contributed by atoms with Gasteiger partial charge in [-0.05, 0) is 44.2 Å². The second-order valence-corrected chi connectivity index (χ2v) is 7.86. The molecule has 4 aromatic rings. The molecule has 0 bridgehead atoms. The van der Waals surface area contributed by atoms with Gasteiger partial charge in [-0.1, -0.05) is 6.07 Å². The van der Waals surface area contributed by atoms with Gasteiger partial charge >= 0.3 is 0 Å². The summed E-state index contributed by atoms with van der Waals surface area (Å²) in [6, 6.07) is 11.7. The summed E-state index contributed by atoms with van der Waals surface area (Å²) in [5.74, 6) is 1.85. The van der Waals surface area contributed by atoms with Gasteiger partial charge in [-0.15, -0.1) is 0 Å². The molecule has 0 aliphatic carbocycles. The number of aromatic nitrogens is 4. The number of nitrogens with one attached hydrogen (secondary N) is 1. The lowest BCUT2D eigenvalue weighted by Crippen LogP contribution is -2.32. The van der Waals surface area contributed by atoms with Crippen molar-refractivity contribution in [3.8, 4) is 5.75 Å². The zero-order chi connectivity index (χ0) is 23.8. The maximum atomic E-state index is 12.0. The molecule has 0 spiro atoms. The molecule has 8 nitrogen and oxygen atoms in total. The van der Waals surface area contributed by atoms with Crippen LogP contribution in [0.25, 0.3) is 0 Å². The van der Waals surface area contributed by atoms with Gasteiger partial charge in [0.05, 0.1) is 18.4 Å². The molecule has 0 atom stereocenters. The molecule has 0 fully saturated rings. The predicted molar refractivity (Wildman–Crippen MR) is 135 cm³/mol. The van der Waals surface area contributed by atoms with Gasteiger partial charge in [0.2, 0.25) is 0 Å². The Morgan fingerprint density at radius 1 is 1.09 bits per heavy atom. The number of nitrogens with zero attached hydrogens (tertiary/aromatic N) is 5. The molecular weight excluding hydrogens is 428 g/mol. The standard InChI is InChI=1S/C14H17N3O.C12H11N3O.H2/c1-3-17(13-5-4-6-15-9-13)10-12-8-16-7-11(2)14(12)18;1-2-5-14-12(3-1)15-8-10-7-13-6-4-11(10)16-9-15;/h4-9H,3,10H2,1-2H3,(H,16,18);1-7H,8-9H2;1H/i;;1+1. The van der Waals surface area contributed by atoms with E-state index in [9.17, 15) is 4.79 Å². The van der Waals surface area contributed by atoms with Gasteiger partial charge < -0.3 is 19.5 Å². The van der Waals surface area contributed by atoms with E-state index in [1.54, 1.807) is 31.0 Å². The Hall–Kier alpha value is -4.20. The van der Waals surface area contributed by atoms with Crippen LogP contribution in [0, 0.1) is 6.92 Å². The topological polar surface area (TPSA) is 87.2 Å². The molecule has 5 heterocycles. The summed E-state index contributed by atoms with van der Waals surface area (Å²) in [4.78, 5) is 31.7. The third-order valence-electron chi connectivity index (χ3n) is 5.53. The van der Waals surface area contributed by atoms with Crippen LogP contribution in [0.4, 0.5) is 11.5 Å². The molecule has 0 saturated carbocycles. The molecule has 0 radical (unpaired) electrons. The smallest absolute Gasteiger partial charge is 0.189 e. The van der Waals surface area contributed by atoms with Crippen LogP contribution in [0.2, 0.25) is 0 Å². The molecule has 176 valence electrons. The Morgan fingerprint density at radius 2 is 1.97 bits per heavy atom. The van der Waals surface area contributed by atoms with Crippen molar-refractivity contribution in [2.75, 3.05) is 23.1 Å². The van der Waals surface area contributed by atoms with Crippen LogP contribution in [0.3, 0.4) is 0 Å². The van der Waals surface area contributed by atoms with E-state index in [-0.39, 0.29) is 6.86 Å². The van der Waals surface area contributed by atoms with E-state index in [4.69, 9.17) is 4.74 Å². The Morgan fingerprint density at radius 3 is 2.74 bits per heavy atom. The van der Waals surface area contributed by atoms with Crippen molar-refractivity contribution in [1.29, 1.82) is 0 Å². The van der Waals surface area contributed by atoms with Crippen molar-refractivity contribution >= 4 is 11.5 Å². The average molecular weight is 460 g/mol. The fraction of sp³-hybridized carbons (Fsp3) is 0.231. The summed E-state index contributed by atoms with van der Waals surface area (Å²) in [6.07, 6.45) is 12.4. The maximum absolute atomic E-state index is 12.0. The quantitative estimate of drug-likeness (QED) is 0.479. The highest BCUT2D eigenvalue weighted by Gasteiger charge is 2.17. The number of hydrogen-bond donors (Lipinski definition) is 1. The largest absolute Gasteiger partial charge is 0.473 e. The van der Waals surface area contributed by atoms with Crippen LogP contribution < -0.4 is 20.0 Å². The molecule has 34 heavy (non-hydrogen) atoms. The van der Waals surface area contributed by atoms with Gasteiger partial charge in [0.15, 0.2) is 12.2 Å². The molecule has 1 aliphatic heterocycles. The van der Waals surface area contributed by atoms with E-state index in [0.717, 1.165) is 47.0 Å². The van der Waals surface area contributed by atoms with Crippen molar-refractivity contribution in [1.82, 2.24) is 19.9 Å². The van der Waals surface area contributed by atoms with E-state index in [1.165, 1.54) is 0 Å². The monoisotopic (exact) mass is 459 g/mol. The average Bonchev–Trinajstić information content (AvgIpc) is 2.90.